The van der Waals surface area contributed by atoms with Crippen molar-refractivity contribution in [3.8, 4) is 5.75 Å². The molecule has 1 heterocycles. The lowest BCUT2D eigenvalue weighted by Gasteiger charge is -2.08. The topological polar surface area (TPSA) is 96.2 Å². The minimum atomic E-state index is -0.463. The number of ether oxygens (including phenoxy) is 1. The Morgan fingerprint density at radius 1 is 1.50 bits per heavy atom. The van der Waals surface area contributed by atoms with Gasteiger partial charge in [0.05, 0.1) is 11.5 Å². The number of nitro groups is 1. The maximum absolute atomic E-state index is 11.0. The predicted molar refractivity (Wildman–Crippen MR) is 73.4 cm³/mol. The van der Waals surface area contributed by atoms with Gasteiger partial charge in [-0.15, -0.1) is 0 Å². The van der Waals surface area contributed by atoms with Gasteiger partial charge < -0.3 is 15.0 Å². The number of nitrogens with two attached hydrogens (primary N) is 1. The number of hydrogen-bond acceptors (Lipinski definition) is 5. The van der Waals surface area contributed by atoms with Crippen LogP contribution in [0.15, 0.2) is 30.6 Å². The highest BCUT2D eigenvalue weighted by molar-refractivity contribution is 5.48. The highest BCUT2D eigenvalue weighted by atomic mass is 16.6. The van der Waals surface area contributed by atoms with E-state index in [9.17, 15) is 10.1 Å². The van der Waals surface area contributed by atoms with Crippen LogP contribution in [-0.2, 0) is 20.0 Å². The van der Waals surface area contributed by atoms with E-state index in [0.717, 1.165) is 5.82 Å². The number of nitrogens with zero attached hydrogens (tertiary/aromatic N) is 3. The van der Waals surface area contributed by atoms with Gasteiger partial charge in [0.2, 0.25) is 0 Å². The van der Waals surface area contributed by atoms with E-state index < -0.39 is 4.92 Å². The van der Waals surface area contributed by atoms with Gasteiger partial charge in [-0.2, -0.15) is 0 Å². The third kappa shape index (κ3) is 3.12. The molecule has 0 bridgehead atoms. The van der Waals surface area contributed by atoms with E-state index in [4.69, 9.17) is 10.5 Å². The predicted octanol–water partition coefficient (Wildman–Crippen LogP) is 1.41. The van der Waals surface area contributed by atoms with E-state index >= 15 is 0 Å². The fourth-order valence-electron chi connectivity index (χ4n) is 1.84. The lowest BCUT2D eigenvalue weighted by molar-refractivity contribution is -0.385. The van der Waals surface area contributed by atoms with Crippen LogP contribution in [0.25, 0.3) is 0 Å². The van der Waals surface area contributed by atoms with Gasteiger partial charge in [-0.05, 0) is 11.6 Å². The molecule has 0 saturated heterocycles. The zero-order valence-corrected chi connectivity index (χ0v) is 11.2. The van der Waals surface area contributed by atoms with Crippen molar-refractivity contribution in [3.63, 3.8) is 0 Å². The van der Waals surface area contributed by atoms with E-state index in [1.165, 1.54) is 6.07 Å². The molecule has 1 aromatic heterocycles. The third-order valence-electron chi connectivity index (χ3n) is 2.96. The molecule has 2 rings (SSSR count). The summed E-state index contributed by atoms with van der Waals surface area (Å²) in [6, 6.07) is 4.75. The number of hydrogen-bond donors (Lipinski definition) is 1. The number of imidazole rings is 1. The lowest BCUT2D eigenvalue weighted by atomic mass is 10.2. The molecule has 0 amide bonds. The molecule has 20 heavy (non-hydrogen) atoms. The average molecular weight is 276 g/mol. The van der Waals surface area contributed by atoms with Crippen molar-refractivity contribution in [2.45, 2.75) is 13.0 Å². The van der Waals surface area contributed by atoms with Gasteiger partial charge in [0, 0.05) is 38.5 Å². The van der Waals surface area contributed by atoms with Gasteiger partial charge in [0.1, 0.15) is 5.82 Å². The molecule has 0 atom stereocenters. The molecular weight excluding hydrogens is 260 g/mol. The SMILES string of the molecule is Cn1ccnc1CCOc1ccc(CN)cc1[N+](=O)[O-]. The van der Waals surface area contributed by atoms with Gasteiger partial charge in [0.15, 0.2) is 5.75 Å². The second kappa shape index (κ2) is 6.16. The number of aryl methyl sites for hydroxylation is 1. The van der Waals surface area contributed by atoms with Crippen molar-refractivity contribution in [1.29, 1.82) is 0 Å². The second-order valence-corrected chi connectivity index (χ2v) is 4.32. The molecule has 2 N–H and O–H groups in total. The van der Waals surface area contributed by atoms with Gasteiger partial charge in [0.25, 0.3) is 0 Å². The zero-order chi connectivity index (χ0) is 14.5. The molecule has 0 aliphatic heterocycles. The zero-order valence-electron chi connectivity index (χ0n) is 11.2. The first-order chi connectivity index (χ1) is 9.61. The molecule has 0 aliphatic carbocycles. The summed E-state index contributed by atoms with van der Waals surface area (Å²) in [5.74, 6) is 1.12. The fourth-order valence-corrected chi connectivity index (χ4v) is 1.84. The summed E-state index contributed by atoms with van der Waals surface area (Å²) in [5.41, 5.74) is 6.12. The Bertz CT molecular complexity index is 609. The highest BCUT2D eigenvalue weighted by Crippen LogP contribution is 2.27. The Labute approximate surface area is 116 Å². The monoisotopic (exact) mass is 276 g/mol. The molecule has 0 aliphatic rings. The smallest absolute Gasteiger partial charge is 0.311 e. The number of aromatic nitrogens is 2. The van der Waals surface area contributed by atoms with Crippen LogP contribution in [0.2, 0.25) is 0 Å². The standard InChI is InChI=1S/C13H16N4O3/c1-16-6-5-15-13(16)4-7-20-12-3-2-10(9-14)8-11(12)17(18)19/h2-3,5-6,8H,4,7,9,14H2,1H3. The minimum absolute atomic E-state index is 0.0622. The van der Waals surface area contributed by atoms with Crippen LogP contribution in [0.4, 0.5) is 5.69 Å². The van der Waals surface area contributed by atoms with Crippen molar-refractivity contribution in [2.24, 2.45) is 12.8 Å². The Balaban J connectivity index is 2.05. The molecule has 0 saturated carbocycles. The maximum atomic E-state index is 11.0. The van der Waals surface area contributed by atoms with Crippen molar-refractivity contribution >= 4 is 5.69 Å². The first kappa shape index (κ1) is 14.0. The highest BCUT2D eigenvalue weighted by Gasteiger charge is 2.15. The van der Waals surface area contributed by atoms with Gasteiger partial charge >= 0.3 is 5.69 Å². The third-order valence-corrected chi connectivity index (χ3v) is 2.96. The molecule has 0 fully saturated rings. The Morgan fingerprint density at radius 3 is 2.90 bits per heavy atom. The second-order valence-electron chi connectivity index (χ2n) is 4.32. The van der Waals surface area contributed by atoms with Gasteiger partial charge in [-0.3, -0.25) is 10.1 Å². The van der Waals surface area contributed by atoms with E-state index in [2.05, 4.69) is 4.98 Å². The van der Waals surface area contributed by atoms with Crippen LogP contribution in [-0.4, -0.2) is 21.1 Å². The van der Waals surface area contributed by atoms with E-state index in [-0.39, 0.29) is 18.0 Å². The molecule has 0 spiro atoms. The quantitative estimate of drug-likeness (QED) is 0.635. The van der Waals surface area contributed by atoms with E-state index in [1.807, 2.05) is 17.8 Å². The van der Waals surface area contributed by atoms with Gasteiger partial charge in [-0.25, -0.2) is 4.98 Å². The van der Waals surface area contributed by atoms with Crippen molar-refractivity contribution in [1.82, 2.24) is 9.55 Å². The summed E-state index contributed by atoms with van der Waals surface area (Å²) in [4.78, 5) is 14.7. The summed E-state index contributed by atoms with van der Waals surface area (Å²) < 4.78 is 7.37. The summed E-state index contributed by atoms with van der Waals surface area (Å²) in [5, 5.41) is 11.0. The summed E-state index contributed by atoms with van der Waals surface area (Å²) >= 11 is 0. The largest absolute Gasteiger partial charge is 0.486 e. The molecule has 7 heteroatoms. The summed E-state index contributed by atoms with van der Waals surface area (Å²) in [6.45, 7) is 0.585. The molecule has 0 unspecified atom stereocenters. The Kier molecular flexibility index (Phi) is 4.31. The van der Waals surface area contributed by atoms with E-state index in [1.54, 1.807) is 18.3 Å². The van der Waals surface area contributed by atoms with Gasteiger partial charge in [-0.1, -0.05) is 6.07 Å². The van der Waals surface area contributed by atoms with Crippen LogP contribution in [0.3, 0.4) is 0 Å². The average Bonchev–Trinajstić information content (AvgIpc) is 2.84. The van der Waals surface area contributed by atoms with Crippen LogP contribution in [0, 0.1) is 10.1 Å². The van der Waals surface area contributed by atoms with Crippen molar-refractivity contribution in [3.05, 3.63) is 52.1 Å². The number of nitro benzene ring substituents is 1. The van der Waals surface area contributed by atoms with Crippen LogP contribution in [0.5, 0.6) is 5.75 Å². The minimum Gasteiger partial charge on any atom is -0.486 e. The lowest BCUT2D eigenvalue weighted by Crippen LogP contribution is -2.07. The molecular formula is C13H16N4O3. The summed E-state index contributed by atoms with van der Waals surface area (Å²) in [7, 11) is 1.89. The summed E-state index contributed by atoms with van der Waals surface area (Å²) in [6.07, 6.45) is 4.13. The van der Waals surface area contributed by atoms with Crippen LogP contribution in [0.1, 0.15) is 11.4 Å². The van der Waals surface area contributed by atoms with Crippen LogP contribution < -0.4 is 10.5 Å². The normalized spacial score (nSPS) is 10.5. The number of benzene rings is 1. The Morgan fingerprint density at radius 2 is 2.30 bits per heavy atom. The van der Waals surface area contributed by atoms with Crippen LogP contribution >= 0.6 is 0 Å². The maximum Gasteiger partial charge on any atom is 0.311 e. The van der Waals surface area contributed by atoms with E-state index in [0.29, 0.717) is 18.6 Å². The van der Waals surface area contributed by atoms with Crippen molar-refractivity contribution < 1.29 is 9.66 Å². The molecule has 7 nitrogen and oxygen atoms in total. The molecule has 1 aromatic carbocycles. The molecule has 0 radical (unpaired) electrons. The van der Waals surface area contributed by atoms with Crippen molar-refractivity contribution in [2.75, 3.05) is 6.61 Å². The first-order valence-electron chi connectivity index (χ1n) is 6.18. The fraction of sp³-hybridized carbons (Fsp3) is 0.308. The molecule has 2 aromatic rings. The Hall–Kier alpha value is -2.41. The molecule has 106 valence electrons. The number of rotatable bonds is 6. The first-order valence-corrected chi connectivity index (χ1v) is 6.18.